The van der Waals surface area contributed by atoms with E-state index >= 15 is 0 Å². The summed E-state index contributed by atoms with van der Waals surface area (Å²) in [6.07, 6.45) is 2.03. The SMILES string of the molecule is CCC[C@H](NC(=O)N1CCC(OC)C1)C(=O)O. The predicted octanol–water partition coefficient (Wildman–Crippen LogP) is 0.670. The molecule has 0 aromatic rings. The molecule has 2 amide bonds. The van der Waals surface area contributed by atoms with Crippen molar-refractivity contribution in [3.8, 4) is 0 Å². The van der Waals surface area contributed by atoms with Gasteiger partial charge in [0.2, 0.25) is 0 Å². The number of urea groups is 1. The molecule has 1 saturated heterocycles. The van der Waals surface area contributed by atoms with Crippen LogP contribution in [0.3, 0.4) is 0 Å². The summed E-state index contributed by atoms with van der Waals surface area (Å²) in [4.78, 5) is 24.3. The summed E-state index contributed by atoms with van der Waals surface area (Å²) in [6.45, 7) is 3.03. The van der Waals surface area contributed by atoms with E-state index in [1.807, 2.05) is 6.92 Å². The van der Waals surface area contributed by atoms with E-state index in [1.54, 1.807) is 12.0 Å². The summed E-state index contributed by atoms with van der Waals surface area (Å²) in [7, 11) is 1.61. The molecule has 2 N–H and O–H groups in total. The monoisotopic (exact) mass is 244 g/mol. The Kier molecular flexibility index (Phi) is 5.21. The molecule has 1 aliphatic rings. The lowest BCUT2D eigenvalue weighted by Gasteiger charge is -2.20. The van der Waals surface area contributed by atoms with Gasteiger partial charge in [0.05, 0.1) is 6.10 Å². The van der Waals surface area contributed by atoms with Crippen LogP contribution < -0.4 is 5.32 Å². The molecule has 0 radical (unpaired) electrons. The lowest BCUT2D eigenvalue weighted by atomic mass is 10.2. The van der Waals surface area contributed by atoms with Crippen LogP contribution in [0.25, 0.3) is 0 Å². The molecule has 1 heterocycles. The third-order valence-corrected chi connectivity index (χ3v) is 2.94. The molecule has 0 saturated carbocycles. The van der Waals surface area contributed by atoms with E-state index in [-0.39, 0.29) is 12.1 Å². The normalized spacial score (nSPS) is 21.3. The van der Waals surface area contributed by atoms with Crippen molar-refractivity contribution in [2.24, 2.45) is 0 Å². The fourth-order valence-electron chi connectivity index (χ4n) is 1.89. The van der Waals surface area contributed by atoms with E-state index in [0.29, 0.717) is 19.5 Å². The number of carboxylic acids is 1. The van der Waals surface area contributed by atoms with Crippen molar-refractivity contribution in [3.63, 3.8) is 0 Å². The van der Waals surface area contributed by atoms with Gasteiger partial charge in [-0.15, -0.1) is 0 Å². The van der Waals surface area contributed by atoms with Gasteiger partial charge in [0.25, 0.3) is 0 Å². The van der Waals surface area contributed by atoms with E-state index < -0.39 is 12.0 Å². The number of rotatable bonds is 5. The standard InChI is InChI=1S/C11H20N2O4/c1-3-4-9(10(14)15)12-11(16)13-6-5-8(7-13)17-2/h8-9H,3-7H2,1-2H3,(H,12,16)(H,14,15)/t8?,9-/m0/s1. The first-order chi connectivity index (χ1) is 8.08. The molecule has 6 heteroatoms. The molecule has 0 bridgehead atoms. The van der Waals surface area contributed by atoms with Crippen molar-refractivity contribution in [2.45, 2.75) is 38.3 Å². The number of methoxy groups -OCH3 is 1. The summed E-state index contributed by atoms with van der Waals surface area (Å²) in [6, 6.07) is -1.11. The van der Waals surface area contributed by atoms with Gasteiger partial charge in [-0.3, -0.25) is 0 Å². The highest BCUT2D eigenvalue weighted by molar-refractivity contribution is 5.82. The fraction of sp³-hybridized carbons (Fsp3) is 0.818. The zero-order valence-electron chi connectivity index (χ0n) is 10.3. The van der Waals surface area contributed by atoms with Crippen molar-refractivity contribution < 1.29 is 19.4 Å². The first-order valence-electron chi connectivity index (χ1n) is 5.89. The van der Waals surface area contributed by atoms with E-state index in [4.69, 9.17) is 9.84 Å². The van der Waals surface area contributed by atoms with Gasteiger partial charge in [0.1, 0.15) is 6.04 Å². The number of likely N-dealkylation sites (tertiary alicyclic amines) is 1. The molecular weight excluding hydrogens is 224 g/mol. The zero-order chi connectivity index (χ0) is 12.8. The lowest BCUT2D eigenvalue weighted by molar-refractivity contribution is -0.139. The molecule has 0 aromatic heterocycles. The Labute approximate surface area is 101 Å². The topological polar surface area (TPSA) is 78.9 Å². The number of hydrogen-bond donors (Lipinski definition) is 2. The molecule has 98 valence electrons. The number of hydrogen-bond acceptors (Lipinski definition) is 3. The third kappa shape index (κ3) is 3.89. The molecule has 17 heavy (non-hydrogen) atoms. The first kappa shape index (κ1) is 13.8. The zero-order valence-corrected chi connectivity index (χ0v) is 10.3. The molecule has 0 spiro atoms. The summed E-state index contributed by atoms with van der Waals surface area (Å²) in [5, 5.41) is 11.5. The number of carbonyl (C=O) groups is 2. The number of carboxylic acid groups (broad SMARTS) is 1. The Hall–Kier alpha value is -1.30. The van der Waals surface area contributed by atoms with Crippen LogP contribution in [0.5, 0.6) is 0 Å². The first-order valence-corrected chi connectivity index (χ1v) is 5.89. The number of amides is 2. The van der Waals surface area contributed by atoms with Crippen LogP contribution in [0.1, 0.15) is 26.2 Å². The number of carbonyl (C=O) groups excluding carboxylic acids is 1. The maximum atomic E-state index is 11.8. The van der Waals surface area contributed by atoms with Crippen LogP contribution in [0.15, 0.2) is 0 Å². The minimum atomic E-state index is -0.984. The minimum absolute atomic E-state index is 0.0650. The highest BCUT2D eigenvalue weighted by atomic mass is 16.5. The fourth-order valence-corrected chi connectivity index (χ4v) is 1.89. The van der Waals surface area contributed by atoms with Gasteiger partial charge in [-0.2, -0.15) is 0 Å². The molecule has 0 aromatic carbocycles. The number of ether oxygens (including phenoxy) is 1. The van der Waals surface area contributed by atoms with Gasteiger partial charge < -0.3 is 20.1 Å². The predicted molar refractivity (Wildman–Crippen MR) is 61.9 cm³/mol. The van der Waals surface area contributed by atoms with Gasteiger partial charge in [0.15, 0.2) is 0 Å². The maximum Gasteiger partial charge on any atom is 0.326 e. The minimum Gasteiger partial charge on any atom is -0.480 e. The van der Waals surface area contributed by atoms with Gasteiger partial charge >= 0.3 is 12.0 Å². The maximum absolute atomic E-state index is 11.8. The van der Waals surface area contributed by atoms with Gasteiger partial charge in [0, 0.05) is 20.2 Å². The average molecular weight is 244 g/mol. The Morgan fingerprint density at radius 3 is 2.76 bits per heavy atom. The van der Waals surface area contributed by atoms with Gasteiger partial charge in [-0.05, 0) is 12.8 Å². The molecular formula is C11H20N2O4. The molecule has 0 aliphatic carbocycles. The van der Waals surface area contributed by atoms with Crippen molar-refractivity contribution in [1.82, 2.24) is 10.2 Å². The molecule has 2 atom stereocenters. The molecule has 1 unspecified atom stereocenters. The summed E-state index contributed by atoms with van der Waals surface area (Å²) < 4.78 is 5.15. The number of nitrogens with zero attached hydrogens (tertiary/aromatic N) is 1. The average Bonchev–Trinajstić information content (AvgIpc) is 2.76. The Morgan fingerprint density at radius 2 is 2.29 bits per heavy atom. The third-order valence-electron chi connectivity index (χ3n) is 2.94. The van der Waals surface area contributed by atoms with Crippen molar-refractivity contribution >= 4 is 12.0 Å². The van der Waals surface area contributed by atoms with Crippen molar-refractivity contribution in [2.75, 3.05) is 20.2 Å². The van der Waals surface area contributed by atoms with Gasteiger partial charge in [-0.1, -0.05) is 13.3 Å². The number of nitrogens with one attached hydrogen (secondary N) is 1. The summed E-state index contributed by atoms with van der Waals surface area (Å²) in [5.74, 6) is -0.984. The summed E-state index contributed by atoms with van der Waals surface area (Å²) in [5.41, 5.74) is 0. The molecule has 1 fully saturated rings. The van der Waals surface area contributed by atoms with Crippen LogP contribution in [0.4, 0.5) is 4.79 Å². The second-order valence-corrected chi connectivity index (χ2v) is 4.22. The Bertz CT molecular complexity index is 283. The summed E-state index contributed by atoms with van der Waals surface area (Å²) >= 11 is 0. The smallest absolute Gasteiger partial charge is 0.326 e. The van der Waals surface area contributed by atoms with Crippen LogP contribution in [-0.4, -0.2) is 54.4 Å². The Balaban J connectivity index is 2.45. The van der Waals surface area contributed by atoms with Crippen LogP contribution >= 0.6 is 0 Å². The quantitative estimate of drug-likeness (QED) is 0.745. The van der Waals surface area contributed by atoms with Crippen molar-refractivity contribution in [3.05, 3.63) is 0 Å². The van der Waals surface area contributed by atoms with Gasteiger partial charge in [-0.25, -0.2) is 9.59 Å². The van der Waals surface area contributed by atoms with E-state index in [9.17, 15) is 9.59 Å². The number of aliphatic carboxylic acids is 1. The van der Waals surface area contributed by atoms with Crippen molar-refractivity contribution in [1.29, 1.82) is 0 Å². The molecule has 1 aliphatic heterocycles. The second kappa shape index (κ2) is 6.44. The second-order valence-electron chi connectivity index (χ2n) is 4.22. The Morgan fingerprint density at radius 1 is 1.59 bits per heavy atom. The van der Waals surface area contributed by atoms with Crippen LogP contribution in [0.2, 0.25) is 0 Å². The molecule has 1 rings (SSSR count). The van der Waals surface area contributed by atoms with Crippen LogP contribution in [-0.2, 0) is 9.53 Å². The lowest BCUT2D eigenvalue weighted by Crippen LogP contribution is -2.47. The molecule has 6 nitrogen and oxygen atoms in total. The van der Waals surface area contributed by atoms with E-state index in [1.165, 1.54) is 0 Å². The highest BCUT2D eigenvalue weighted by Gasteiger charge is 2.28. The van der Waals surface area contributed by atoms with E-state index in [2.05, 4.69) is 5.32 Å². The largest absolute Gasteiger partial charge is 0.480 e. The highest BCUT2D eigenvalue weighted by Crippen LogP contribution is 2.12. The van der Waals surface area contributed by atoms with Crippen LogP contribution in [0, 0.1) is 0 Å². The van der Waals surface area contributed by atoms with E-state index in [0.717, 1.165) is 12.8 Å².